The van der Waals surface area contributed by atoms with Crippen LogP contribution in [0.5, 0.6) is 17.2 Å². The number of hydrogen-bond acceptors (Lipinski definition) is 5. The van der Waals surface area contributed by atoms with Gasteiger partial charge in [-0.25, -0.2) is 0 Å². The number of fused-ring (bicyclic) bond motifs is 1. The Hall–Kier alpha value is -1.40. The maximum Gasteiger partial charge on any atom is 0.498 e. The van der Waals surface area contributed by atoms with Crippen LogP contribution in [0.15, 0.2) is 18.2 Å². The summed E-state index contributed by atoms with van der Waals surface area (Å²) in [5, 5.41) is 0. The van der Waals surface area contributed by atoms with Gasteiger partial charge in [0.1, 0.15) is 6.51 Å². The Balaban J connectivity index is 1.66. The van der Waals surface area contributed by atoms with Gasteiger partial charge in [0, 0.05) is 0 Å². The lowest BCUT2D eigenvalue weighted by Crippen LogP contribution is -2.41. The molecule has 1 aromatic carbocycles. The molecule has 0 bridgehead atoms. The van der Waals surface area contributed by atoms with Crippen LogP contribution in [0.4, 0.5) is 0 Å². The van der Waals surface area contributed by atoms with Crippen molar-refractivity contribution in [1.29, 1.82) is 0 Å². The molecule has 1 aromatic rings. The highest BCUT2D eigenvalue weighted by molar-refractivity contribution is 6.45. The minimum Gasteiger partial charge on any atom is -0.492 e. The summed E-state index contributed by atoms with van der Waals surface area (Å²) in [6.45, 7) is 8.61. The number of benzene rings is 1. The monoisotopic (exact) mass is 278 g/mol. The Morgan fingerprint density at radius 2 is 1.80 bits per heavy atom. The van der Waals surface area contributed by atoms with Crippen molar-refractivity contribution in [2.45, 2.75) is 38.9 Å². The summed E-state index contributed by atoms with van der Waals surface area (Å²) in [6, 6.07) is 5.57. The molecular weight excluding hydrogens is 259 g/mol. The molecule has 6 heteroatoms. The van der Waals surface area contributed by atoms with Gasteiger partial charge in [-0.3, -0.25) is 0 Å². The lowest BCUT2D eigenvalue weighted by molar-refractivity contribution is 0.00578. The van der Waals surface area contributed by atoms with Gasteiger partial charge in [0.15, 0.2) is 11.5 Å². The second-order valence-electron chi connectivity index (χ2n) is 5.99. The van der Waals surface area contributed by atoms with Gasteiger partial charge >= 0.3 is 7.12 Å². The second-order valence-corrected chi connectivity index (χ2v) is 5.99. The fourth-order valence-electron chi connectivity index (χ4n) is 2.21. The van der Waals surface area contributed by atoms with E-state index in [0.29, 0.717) is 23.8 Å². The van der Waals surface area contributed by atoms with E-state index in [-0.39, 0.29) is 18.0 Å². The van der Waals surface area contributed by atoms with Crippen molar-refractivity contribution in [3.8, 4) is 17.2 Å². The van der Waals surface area contributed by atoms with Gasteiger partial charge in [-0.15, -0.1) is 0 Å². The molecule has 3 rings (SSSR count). The van der Waals surface area contributed by atoms with E-state index in [0.717, 1.165) is 0 Å². The zero-order valence-corrected chi connectivity index (χ0v) is 12.3. The van der Waals surface area contributed by atoms with Crippen LogP contribution >= 0.6 is 0 Å². The first-order chi connectivity index (χ1) is 9.39. The Morgan fingerprint density at radius 3 is 2.50 bits per heavy atom. The average molecular weight is 278 g/mol. The van der Waals surface area contributed by atoms with Crippen LogP contribution in [0, 0.1) is 0 Å². The average Bonchev–Trinajstić information content (AvgIpc) is 2.90. The number of para-hydroxylation sites is 1. The van der Waals surface area contributed by atoms with Crippen LogP contribution in [0.25, 0.3) is 0 Å². The molecule has 0 aliphatic carbocycles. The van der Waals surface area contributed by atoms with Crippen LogP contribution in [-0.4, -0.2) is 31.6 Å². The van der Waals surface area contributed by atoms with Gasteiger partial charge in [0.05, 0.1) is 11.2 Å². The highest BCUT2D eigenvalue weighted by atomic mass is 16.7. The van der Waals surface area contributed by atoms with E-state index in [4.69, 9.17) is 23.5 Å². The van der Waals surface area contributed by atoms with Crippen LogP contribution in [0.1, 0.15) is 27.7 Å². The number of hydrogen-bond donors (Lipinski definition) is 0. The summed E-state index contributed by atoms with van der Waals surface area (Å²) in [5.41, 5.74) is -0.696. The molecule has 0 radical (unpaired) electrons. The van der Waals surface area contributed by atoms with Crippen molar-refractivity contribution in [3.05, 3.63) is 18.2 Å². The minimum atomic E-state index is -0.391. The molecule has 0 N–H and O–H groups in total. The molecule has 0 atom stereocenters. The SMILES string of the molecule is CC1(C)OB(COc2cccc3c2OCO3)OC1(C)C. The summed E-state index contributed by atoms with van der Waals surface area (Å²) in [7, 11) is -0.391. The molecule has 0 unspecified atom stereocenters. The topological polar surface area (TPSA) is 46.2 Å². The van der Waals surface area contributed by atoms with Gasteiger partial charge < -0.3 is 23.5 Å². The highest BCUT2D eigenvalue weighted by Crippen LogP contribution is 2.41. The van der Waals surface area contributed by atoms with E-state index in [1.807, 2.05) is 45.9 Å². The summed E-state index contributed by atoms with van der Waals surface area (Å²) < 4.78 is 28.2. The summed E-state index contributed by atoms with van der Waals surface area (Å²) in [6.07, 6.45) is 0. The first-order valence-corrected chi connectivity index (χ1v) is 6.76. The first-order valence-electron chi connectivity index (χ1n) is 6.76. The van der Waals surface area contributed by atoms with Crippen LogP contribution < -0.4 is 14.2 Å². The molecule has 0 spiro atoms. The van der Waals surface area contributed by atoms with E-state index in [1.54, 1.807) is 0 Å². The molecule has 1 saturated heterocycles. The largest absolute Gasteiger partial charge is 0.498 e. The fourth-order valence-corrected chi connectivity index (χ4v) is 2.21. The first kappa shape index (κ1) is 13.6. The van der Waals surface area contributed by atoms with Crippen LogP contribution in [0.2, 0.25) is 0 Å². The van der Waals surface area contributed by atoms with Gasteiger partial charge in [-0.1, -0.05) is 6.07 Å². The van der Waals surface area contributed by atoms with E-state index < -0.39 is 7.12 Å². The predicted octanol–water partition coefficient (Wildman–Crippen LogP) is 2.43. The van der Waals surface area contributed by atoms with Gasteiger partial charge in [0.2, 0.25) is 12.5 Å². The van der Waals surface area contributed by atoms with Crippen molar-refractivity contribution in [3.63, 3.8) is 0 Å². The third-order valence-electron chi connectivity index (χ3n) is 4.04. The Morgan fingerprint density at radius 1 is 1.10 bits per heavy atom. The molecule has 5 nitrogen and oxygen atoms in total. The van der Waals surface area contributed by atoms with Crippen molar-refractivity contribution in [2.75, 3.05) is 13.3 Å². The Bertz CT molecular complexity index is 498. The highest BCUT2D eigenvalue weighted by Gasteiger charge is 2.51. The maximum absolute atomic E-state index is 5.89. The molecular formula is C14H19BO5. The smallest absolute Gasteiger partial charge is 0.492 e. The van der Waals surface area contributed by atoms with Crippen LogP contribution in [0.3, 0.4) is 0 Å². The fraction of sp³-hybridized carbons (Fsp3) is 0.571. The van der Waals surface area contributed by atoms with Crippen molar-refractivity contribution < 1.29 is 23.5 Å². The summed E-state index contributed by atoms with van der Waals surface area (Å²) in [4.78, 5) is 0. The minimum absolute atomic E-state index is 0.228. The molecule has 2 heterocycles. The molecule has 1 fully saturated rings. The van der Waals surface area contributed by atoms with E-state index in [2.05, 4.69) is 0 Å². The van der Waals surface area contributed by atoms with Gasteiger partial charge in [-0.2, -0.15) is 0 Å². The normalized spacial score (nSPS) is 22.1. The number of rotatable bonds is 3. The quantitative estimate of drug-likeness (QED) is 0.794. The number of ether oxygens (including phenoxy) is 3. The molecule has 2 aliphatic rings. The maximum atomic E-state index is 5.89. The summed E-state index contributed by atoms with van der Waals surface area (Å²) in [5.74, 6) is 2.00. The lowest BCUT2D eigenvalue weighted by Gasteiger charge is -2.32. The van der Waals surface area contributed by atoms with Crippen LogP contribution in [-0.2, 0) is 9.31 Å². The lowest BCUT2D eigenvalue weighted by atomic mass is 9.90. The molecule has 0 saturated carbocycles. The standard InChI is InChI=1S/C14H19BO5/c1-13(2)14(3,4)20-15(19-13)8-16-10-6-5-7-11-12(10)18-9-17-11/h5-7H,8-9H2,1-4H3. The molecule has 108 valence electrons. The van der Waals surface area contributed by atoms with E-state index >= 15 is 0 Å². The van der Waals surface area contributed by atoms with Crippen molar-refractivity contribution in [1.82, 2.24) is 0 Å². The van der Waals surface area contributed by atoms with Gasteiger partial charge in [-0.05, 0) is 39.8 Å². The van der Waals surface area contributed by atoms with Crippen molar-refractivity contribution in [2.24, 2.45) is 0 Å². The third-order valence-corrected chi connectivity index (χ3v) is 4.04. The van der Waals surface area contributed by atoms with E-state index in [9.17, 15) is 0 Å². The van der Waals surface area contributed by atoms with E-state index in [1.165, 1.54) is 0 Å². The second kappa shape index (κ2) is 4.57. The third kappa shape index (κ3) is 2.23. The van der Waals surface area contributed by atoms with Gasteiger partial charge in [0.25, 0.3) is 0 Å². The predicted molar refractivity (Wildman–Crippen MR) is 74.1 cm³/mol. The molecule has 0 aromatic heterocycles. The molecule has 2 aliphatic heterocycles. The Kier molecular flexibility index (Phi) is 3.10. The zero-order valence-electron chi connectivity index (χ0n) is 12.3. The molecule has 0 amide bonds. The Labute approximate surface area is 119 Å². The molecule has 20 heavy (non-hydrogen) atoms. The summed E-state index contributed by atoms with van der Waals surface area (Å²) >= 11 is 0. The van der Waals surface area contributed by atoms with Crippen molar-refractivity contribution >= 4 is 7.12 Å². The zero-order chi connectivity index (χ0) is 14.4.